The van der Waals surface area contributed by atoms with Crippen LogP contribution in [-0.2, 0) is 6.54 Å². The molecular weight excluding hydrogens is 477 g/mol. The fourth-order valence-corrected chi connectivity index (χ4v) is 2.78. The monoisotopic (exact) mass is 505 g/mol. The van der Waals surface area contributed by atoms with Gasteiger partial charge >= 0.3 is 0 Å². The Labute approximate surface area is 184 Å². The van der Waals surface area contributed by atoms with Gasteiger partial charge in [-0.05, 0) is 50.6 Å². The molecule has 0 aliphatic heterocycles. The van der Waals surface area contributed by atoms with Crippen molar-refractivity contribution in [3.05, 3.63) is 46.7 Å². The molecule has 6 nitrogen and oxygen atoms in total. The first-order valence-electron chi connectivity index (χ1n) is 8.81. The summed E-state index contributed by atoms with van der Waals surface area (Å²) >= 11 is 5.87. The topological polar surface area (TPSA) is 54.7 Å². The number of nitrogens with zero attached hydrogens (tertiary/aromatic N) is 4. The van der Waals surface area contributed by atoms with Crippen LogP contribution in [0.25, 0.3) is 0 Å². The van der Waals surface area contributed by atoms with Gasteiger partial charge in [-0.1, -0.05) is 11.6 Å². The number of hydrogen-bond donors (Lipinski definition) is 1. The van der Waals surface area contributed by atoms with E-state index in [1.54, 1.807) is 7.05 Å². The second-order valence-electron chi connectivity index (χ2n) is 6.20. The van der Waals surface area contributed by atoms with E-state index in [2.05, 4.69) is 33.3 Å². The Morgan fingerprint density at radius 3 is 2.59 bits per heavy atom. The Morgan fingerprint density at radius 1 is 1.30 bits per heavy atom. The van der Waals surface area contributed by atoms with E-state index in [-0.39, 0.29) is 24.0 Å². The maximum Gasteiger partial charge on any atom is 0.193 e. The normalized spacial score (nSPS) is 11.1. The Hall–Kier alpha value is -1.48. The van der Waals surface area contributed by atoms with Crippen LogP contribution in [-0.4, -0.2) is 54.4 Å². The van der Waals surface area contributed by atoms with Gasteiger partial charge in [-0.25, -0.2) is 0 Å². The SMILES string of the molecule is CN=C(NCCCn1nc(C)cc1C)N(C)CCOc1ccc(Cl)cc1.I. The summed E-state index contributed by atoms with van der Waals surface area (Å²) in [6, 6.07) is 9.48. The lowest BCUT2D eigenvalue weighted by atomic mass is 10.3. The summed E-state index contributed by atoms with van der Waals surface area (Å²) < 4.78 is 7.78. The van der Waals surface area contributed by atoms with Crippen molar-refractivity contribution in [1.29, 1.82) is 0 Å². The molecular formula is C19H29ClIN5O. The second-order valence-corrected chi connectivity index (χ2v) is 6.64. The lowest BCUT2D eigenvalue weighted by Crippen LogP contribution is -2.41. The number of hydrogen-bond acceptors (Lipinski definition) is 3. The van der Waals surface area contributed by atoms with E-state index in [0.717, 1.165) is 43.5 Å². The average Bonchev–Trinajstić information content (AvgIpc) is 2.94. The van der Waals surface area contributed by atoms with Crippen molar-refractivity contribution in [2.75, 3.05) is 33.8 Å². The van der Waals surface area contributed by atoms with Gasteiger partial charge in [0.1, 0.15) is 12.4 Å². The number of ether oxygens (including phenoxy) is 1. The van der Waals surface area contributed by atoms with Crippen LogP contribution in [0.5, 0.6) is 5.75 Å². The van der Waals surface area contributed by atoms with Crippen LogP contribution in [0.4, 0.5) is 0 Å². The van der Waals surface area contributed by atoms with Crippen molar-refractivity contribution in [1.82, 2.24) is 20.0 Å². The molecule has 2 aromatic rings. The molecule has 0 radical (unpaired) electrons. The average molecular weight is 506 g/mol. The Kier molecular flexibility index (Phi) is 10.5. The summed E-state index contributed by atoms with van der Waals surface area (Å²) in [5.74, 6) is 1.67. The summed E-state index contributed by atoms with van der Waals surface area (Å²) in [6.07, 6.45) is 0.982. The highest BCUT2D eigenvalue weighted by molar-refractivity contribution is 14.0. The Morgan fingerprint density at radius 2 is 2.00 bits per heavy atom. The molecule has 2 rings (SSSR count). The maximum absolute atomic E-state index is 5.87. The molecule has 0 fully saturated rings. The molecule has 0 bridgehead atoms. The van der Waals surface area contributed by atoms with Crippen molar-refractivity contribution in [3.8, 4) is 5.75 Å². The number of benzene rings is 1. The molecule has 0 saturated carbocycles. The van der Waals surface area contributed by atoms with Gasteiger partial charge in [0.25, 0.3) is 0 Å². The predicted molar refractivity (Wildman–Crippen MR) is 123 cm³/mol. The third-order valence-electron chi connectivity index (χ3n) is 4.02. The van der Waals surface area contributed by atoms with E-state index in [1.807, 2.05) is 42.9 Å². The zero-order valence-electron chi connectivity index (χ0n) is 16.4. The molecule has 0 saturated heterocycles. The molecule has 8 heteroatoms. The van der Waals surface area contributed by atoms with Crippen molar-refractivity contribution < 1.29 is 4.74 Å². The fourth-order valence-electron chi connectivity index (χ4n) is 2.65. The van der Waals surface area contributed by atoms with Crippen LogP contribution in [0.15, 0.2) is 35.3 Å². The molecule has 150 valence electrons. The number of rotatable bonds is 8. The predicted octanol–water partition coefficient (Wildman–Crippen LogP) is 3.75. The highest BCUT2D eigenvalue weighted by Crippen LogP contribution is 2.15. The summed E-state index contributed by atoms with van der Waals surface area (Å²) in [5, 5.41) is 8.57. The van der Waals surface area contributed by atoms with Crippen molar-refractivity contribution in [2.24, 2.45) is 4.99 Å². The quantitative estimate of drug-likeness (QED) is 0.257. The Bertz CT molecular complexity index is 717. The zero-order valence-corrected chi connectivity index (χ0v) is 19.5. The molecule has 1 heterocycles. The third-order valence-corrected chi connectivity index (χ3v) is 4.27. The number of likely N-dealkylation sites (N-methyl/N-ethyl adjacent to an activating group) is 1. The van der Waals surface area contributed by atoms with Crippen LogP contribution in [0.2, 0.25) is 5.02 Å². The first kappa shape index (κ1) is 23.6. The summed E-state index contributed by atoms with van der Waals surface area (Å²) in [4.78, 5) is 6.38. The van der Waals surface area contributed by atoms with E-state index >= 15 is 0 Å². The lowest BCUT2D eigenvalue weighted by Gasteiger charge is -2.22. The molecule has 1 aromatic carbocycles. The standard InChI is InChI=1S/C19H28ClN5O.HI/c1-15-14-16(2)25(23-15)11-5-10-22-19(21-3)24(4)12-13-26-18-8-6-17(20)7-9-18;/h6-9,14H,5,10-13H2,1-4H3,(H,21,22);1H. The molecule has 0 aliphatic carbocycles. The molecule has 1 aromatic heterocycles. The van der Waals surface area contributed by atoms with E-state index in [4.69, 9.17) is 16.3 Å². The van der Waals surface area contributed by atoms with Crippen LogP contribution in [0, 0.1) is 13.8 Å². The van der Waals surface area contributed by atoms with Crippen molar-refractivity contribution in [3.63, 3.8) is 0 Å². The maximum atomic E-state index is 5.87. The van der Waals surface area contributed by atoms with Crippen LogP contribution < -0.4 is 10.1 Å². The van der Waals surface area contributed by atoms with Gasteiger partial charge in [-0.15, -0.1) is 24.0 Å². The van der Waals surface area contributed by atoms with Gasteiger partial charge in [0.05, 0.1) is 12.2 Å². The van der Waals surface area contributed by atoms with Crippen LogP contribution in [0.3, 0.4) is 0 Å². The minimum atomic E-state index is 0. The number of aliphatic imine (C=N–C) groups is 1. The lowest BCUT2D eigenvalue weighted by molar-refractivity contribution is 0.281. The number of aryl methyl sites for hydroxylation is 3. The number of halogens is 2. The van der Waals surface area contributed by atoms with E-state index < -0.39 is 0 Å². The van der Waals surface area contributed by atoms with E-state index in [0.29, 0.717) is 11.6 Å². The number of nitrogens with one attached hydrogen (secondary N) is 1. The summed E-state index contributed by atoms with van der Waals surface area (Å²) in [7, 11) is 3.79. The minimum Gasteiger partial charge on any atom is -0.492 e. The first-order valence-corrected chi connectivity index (χ1v) is 9.18. The van der Waals surface area contributed by atoms with E-state index in [9.17, 15) is 0 Å². The highest BCUT2D eigenvalue weighted by atomic mass is 127. The molecule has 27 heavy (non-hydrogen) atoms. The molecule has 0 unspecified atom stereocenters. The van der Waals surface area contributed by atoms with Gasteiger partial charge < -0.3 is 15.0 Å². The molecule has 0 amide bonds. The zero-order chi connectivity index (χ0) is 18.9. The summed E-state index contributed by atoms with van der Waals surface area (Å²) in [5.41, 5.74) is 2.26. The molecule has 0 aliphatic rings. The highest BCUT2D eigenvalue weighted by Gasteiger charge is 2.06. The van der Waals surface area contributed by atoms with Crippen LogP contribution >= 0.6 is 35.6 Å². The van der Waals surface area contributed by atoms with Crippen molar-refractivity contribution >= 4 is 41.5 Å². The molecule has 0 spiro atoms. The molecule has 0 atom stereocenters. The van der Waals surface area contributed by atoms with Crippen LogP contribution in [0.1, 0.15) is 17.8 Å². The van der Waals surface area contributed by atoms with Gasteiger partial charge in [-0.3, -0.25) is 9.67 Å². The fraction of sp³-hybridized carbons (Fsp3) is 0.474. The Balaban J connectivity index is 0.00000364. The smallest absolute Gasteiger partial charge is 0.193 e. The summed E-state index contributed by atoms with van der Waals surface area (Å²) in [6.45, 7) is 7.15. The largest absolute Gasteiger partial charge is 0.492 e. The second kappa shape index (κ2) is 12.1. The van der Waals surface area contributed by atoms with Gasteiger partial charge in [0.2, 0.25) is 0 Å². The van der Waals surface area contributed by atoms with E-state index in [1.165, 1.54) is 5.69 Å². The minimum absolute atomic E-state index is 0. The number of aromatic nitrogens is 2. The third kappa shape index (κ3) is 7.96. The van der Waals surface area contributed by atoms with Crippen molar-refractivity contribution in [2.45, 2.75) is 26.8 Å². The number of guanidine groups is 1. The molecule has 1 N–H and O–H groups in total. The van der Waals surface area contributed by atoms with Gasteiger partial charge in [-0.2, -0.15) is 5.10 Å². The van der Waals surface area contributed by atoms with Gasteiger partial charge in [0, 0.05) is 37.9 Å². The van der Waals surface area contributed by atoms with Gasteiger partial charge in [0.15, 0.2) is 5.96 Å². The first-order chi connectivity index (χ1) is 12.5.